The molecule has 0 bridgehead atoms. The zero-order chi connectivity index (χ0) is 11.4. The zero-order valence-corrected chi connectivity index (χ0v) is 9.86. The molecule has 0 aromatic rings. The van der Waals surface area contributed by atoms with Gasteiger partial charge in [0, 0.05) is 18.6 Å². The van der Waals surface area contributed by atoms with E-state index in [1.54, 1.807) is 0 Å². The van der Waals surface area contributed by atoms with Crippen molar-refractivity contribution in [3.05, 3.63) is 0 Å². The Morgan fingerprint density at radius 3 is 2.47 bits per heavy atom. The van der Waals surface area contributed by atoms with Crippen LogP contribution in [-0.4, -0.2) is 47.2 Å². The smallest absolute Gasteiger partial charge is 0.237 e. The third-order valence-electron chi connectivity index (χ3n) is 2.82. The highest BCUT2D eigenvalue weighted by Crippen LogP contribution is 2.19. The van der Waals surface area contributed by atoms with Crippen molar-refractivity contribution in [3.8, 4) is 0 Å². The molecule has 1 unspecified atom stereocenters. The predicted octanol–water partition coefficient (Wildman–Crippen LogP) is 0.356. The molecule has 0 spiro atoms. The maximum Gasteiger partial charge on any atom is 0.237 e. The Labute approximate surface area is 91.6 Å². The van der Waals surface area contributed by atoms with Crippen molar-refractivity contribution in [2.75, 3.05) is 13.2 Å². The number of nitrogens with one attached hydrogen (secondary N) is 1. The van der Waals surface area contributed by atoms with Crippen molar-refractivity contribution < 1.29 is 9.90 Å². The van der Waals surface area contributed by atoms with E-state index in [1.165, 1.54) is 0 Å². The minimum atomic E-state index is -0.155. The Hall–Kier alpha value is -0.610. The highest BCUT2D eigenvalue weighted by Gasteiger charge is 2.28. The van der Waals surface area contributed by atoms with E-state index >= 15 is 0 Å². The quantitative estimate of drug-likeness (QED) is 0.671. The molecule has 1 saturated carbocycles. The molecule has 1 amide bonds. The third-order valence-corrected chi connectivity index (χ3v) is 2.82. The average molecular weight is 214 g/mol. The van der Waals surface area contributed by atoms with Gasteiger partial charge in [-0.25, -0.2) is 0 Å². The summed E-state index contributed by atoms with van der Waals surface area (Å²) in [5.74, 6) is 0.0830. The van der Waals surface area contributed by atoms with Crippen molar-refractivity contribution in [1.29, 1.82) is 0 Å². The topological polar surface area (TPSA) is 52.6 Å². The fraction of sp³-hybridized carbons (Fsp3) is 0.909. The molecule has 4 heteroatoms. The molecule has 1 atom stereocenters. The van der Waals surface area contributed by atoms with Crippen LogP contribution in [0.15, 0.2) is 0 Å². The Balaban J connectivity index is 2.44. The molecule has 1 aliphatic carbocycles. The van der Waals surface area contributed by atoms with Gasteiger partial charge in [0.1, 0.15) is 0 Å². The number of carbonyl (C=O) groups excluding carboxylic acids is 1. The highest BCUT2D eigenvalue weighted by molar-refractivity contribution is 5.81. The summed E-state index contributed by atoms with van der Waals surface area (Å²) in [6, 6.07) is 0.526. The molecular formula is C11H22N2O2. The number of nitrogens with zero attached hydrogens (tertiary/aromatic N) is 1. The highest BCUT2D eigenvalue weighted by atomic mass is 16.3. The van der Waals surface area contributed by atoms with Crippen LogP contribution < -0.4 is 5.32 Å². The minimum absolute atomic E-state index is 0.0830. The number of hydrogen-bond donors (Lipinski definition) is 2. The molecule has 88 valence electrons. The molecule has 1 fully saturated rings. The molecule has 1 aliphatic rings. The normalized spacial score (nSPS) is 18.3. The van der Waals surface area contributed by atoms with Crippen LogP contribution in [0.2, 0.25) is 0 Å². The van der Waals surface area contributed by atoms with Gasteiger partial charge < -0.3 is 10.4 Å². The third kappa shape index (κ3) is 3.80. The lowest BCUT2D eigenvalue weighted by molar-refractivity contribution is -0.126. The standard InChI is InChI=1S/C11H22N2O2/c1-8(2)13(6-7-14)9(3)11(15)12-10-4-5-10/h8-10,14H,4-7H2,1-3H3,(H,12,15). The number of rotatable bonds is 6. The van der Waals surface area contributed by atoms with Gasteiger partial charge in [-0.2, -0.15) is 0 Å². The van der Waals surface area contributed by atoms with Gasteiger partial charge in [-0.05, 0) is 33.6 Å². The lowest BCUT2D eigenvalue weighted by atomic mass is 10.2. The van der Waals surface area contributed by atoms with Crippen LogP contribution in [0.25, 0.3) is 0 Å². The van der Waals surface area contributed by atoms with Gasteiger partial charge in [0.25, 0.3) is 0 Å². The molecular weight excluding hydrogens is 192 g/mol. The van der Waals surface area contributed by atoms with E-state index in [1.807, 2.05) is 25.7 Å². The maximum atomic E-state index is 11.8. The van der Waals surface area contributed by atoms with Gasteiger partial charge in [-0.3, -0.25) is 9.69 Å². The lowest BCUT2D eigenvalue weighted by Gasteiger charge is -2.31. The molecule has 0 aromatic heterocycles. The first-order chi connectivity index (χ1) is 7.06. The first-order valence-corrected chi connectivity index (χ1v) is 5.73. The second kappa shape index (κ2) is 5.47. The van der Waals surface area contributed by atoms with Crippen LogP contribution in [0.5, 0.6) is 0 Å². The SMILES string of the molecule is CC(C)N(CCO)C(C)C(=O)NC1CC1. The van der Waals surface area contributed by atoms with Crippen LogP contribution in [0, 0.1) is 0 Å². The molecule has 0 aromatic carbocycles. The molecule has 4 nitrogen and oxygen atoms in total. The maximum absolute atomic E-state index is 11.8. The average Bonchev–Trinajstić information content (AvgIpc) is 2.96. The van der Waals surface area contributed by atoms with Crippen molar-refractivity contribution in [1.82, 2.24) is 10.2 Å². The van der Waals surface area contributed by atoms with E-state index in [0.29, 0.717) is 12.6 Å². The molecule has 0 heterocycles. The van der Waals surface area contributed by atoms with Crippen molar-refractivity contribution in [3.63, 3.8) is 0 Å². The van der Waals surface area contributed by atoms with Gasteiger partial charge in [-0.15, -0.1) is 0 Å². The number of amides is 1. The predicted molar refractivity (Wildman–Crippen MR) is 59.6 cm³/mol. The summed E-state index contributed by atoms with van der Waals surface area (Å²) in [5, 5.41) is 11.9. The van der Waals surface area contributed by atoms with Crippen molar-refractivity contribution >= 4 is 5.91 Å². The largest absolute Gasteiger partial charge is 0.395 e. The van der Waals surface area contributed by atoms with Crippen LogP contribution in [0.1, 0.15) is 33.6 Å². The molecule has 2 N–H and O–H groups in total. The minimum Gasteiger partial charge on any atom is -0.395 e. The van der Waals surface area contributed by atoms with Gasteiger partial charge in [-0.1, -0.05) is 0 Å². The van der Waals surface area contributed by atoms with Crippen molar-refractivity contribution in [2.45, 2.75) is 51.7 Å². The summed E-state index contributed by atoms with van der Waals surface area (Å²) >= 11 is 0. The number of aliphatic hydroxyl groups excluding tert-OH is 1. The van der Waals surface area contributed by atoms with Gasteiger partial charge in [0.05, 0.1) is 12.6 Å². The van der Waals surface area contributed by atoms with E-state index in [4.69, 9.17) is 5.11 Å². The molecule has 1 rings (SSSR count). The zero-order valence-electron chi connectivity index (χ0n) is 9.86. The fourth-order valence-electron chi connectivity index (χ4n) is 1.71. The summed E-state index contributed by atoms with van der Waals surface area (Å²) < 4.78 is 0. The summed E-state index contributed by atoms with van der Waals surface area (Å²) in [5.41, 5.74) is 0. The molecule has 15 heavy (non-hydrogen) atoms. The Morgan fingerprint density at radius 2 is 2.07 bits per heavy atom. The number of aliphatic hydroxyl groups is 1. The summed E-state index contributed by atoms with van der Waals surface area (Å²) in [7, 11) is 0. The Morgan fingerprint density at radius 1 is 1.47 bits per heavy atom. The van der Waals surface area contributed by atoms with Gasteiger partial charge in [0.15, 0.2) is 0 Å². The van der Waals surface area contributed by atoms with Gasteiger partial charge in [0.2, 0.25) is 5.91 Å². The van der Waals surface area contributed by atoms with Crippen LogP contribution in [-0.2, 0) is 4.79 Å². The Bertz CT molecular complexity index is 215. The molecule has 0 saturated heterocycles. The summed E-state index contributed by atoms with van der Waals surface area (Å²) in [6.07, 6.45) is 2.22. The fourth-order valence-corrected chi connectivity index (χ4v) is 1.71. The molecule has 0 aliphatic heterocycles. The Kier molecular flexibility index (Phi) is 4.54. The second-order valence-electron chi connectivity index (χ2n) is 4.51. The van der Waals surface area contributed by atoms with Gasteiger partial charge >= 0.3 is 0 Å². The number of hydrogen-bond acceptors (Lipinski definition) is 3. The van der Waals surface area contributed by atoms with E-state index in [0.717, 1.165) is 12.8 Å². The second-order valence-corrected chi connectivity index (χ2v) is 4.51. The summed E-state index contributed by atoms with van der Waals surface area (Å²) in [4.78, 5) is 13.8. The van der Waals surface area contributed by atoms with Crippen molar-refractivity contribution in [2.24, 2.45) is 0 Å². The molecule has 0 radical (unpaired) electrons. The van der Waals surface area contributed by atoms with E-state index in [2.05, 4.69) is 5.32 Å². The van der Waals surface area contributed by atoms with E-state index in [9.17, 15) is 4.79 Å². The monoisotopic (exact) mass is 214 g/mol. The van der Waals surface area contributed by atoms with E-state index < -0.39 is 0 Å². The first-order valence-electron chi connectivity index (χ1n) is 5.73. The van der Waals surface area contributed by atoms with E-state index in [-0.39, 0.29) is 24.6 Å². The number of carbonyl (C=O) groups is 1. The van der Waals surface area contributed by atoms with Crippen LogP contribution >= 0.6 is 0 Å². The first kappa shape index (κ1) is 12.5. The lowest BCUT2D eigenvalue weighted by Crippen LogP contribution is -2.49. The van der Waals surface area contributed by atoms with Crippen LogP contribution in [0.3, 0.4) is 0 Å². The summed E-state index contributed by atoms with van der Waals surface area (Å²) in [6.45, 7) is 6.62. The van der Waals surface area contributed by atoms with Crippen LogP contribution in [0.4, 0.5) is 0 Å².